The van der Waals surface area contributed by atoms with Crippen molar-refractivity contribution >= 4 is 30.8 Å². The van der Waals surface area contributed by atoms with Crippen LogP contribution < -0.4 is 0 Å². The Morgan fingerprint density at radius 2 is 1.75 bits per heavy atom. The molecule has 1 aliphatic carbocycles. The topological polar surface area (TPSA) is 37.3 Å². The van der Waals surface area contributed by atoms with Crippen LogP contribution in [0.2, 0.25) is 0 Å². The highest BCUT2D eigenvalue weighted by atomic mass is 35.5. The number of hydrogen-bond donors (Lipinski definition) is 1. The summed E-state index contributed by atoms with van der Waals surface area (Å²) in [5, 5.41) is 8.71. The van der Waals surface area contributed by atoms with Crippen LogP contribution in [-0.2, 0) is 4.79 Å². The predicted molar refractivity (Wildman–Crippen MR) is 53.3 cm³/mol. The van der Waals surface area contributed by atoms with Gasteiger partial charge in [-0.25, -0.2) is 0 Å². The van der Waals surface area contributed by atoms with E-state index in [4.69, 9.17) is 5.11 Å². The number of rotatable bonds is 1. The van der Waals surface area contributed by atoms with Crippen LogP contribution in [0.5, 0.6) is 0 Å². The standard InChI is InChI=1S/C8H14O2.2ClH/c1-6-4-2-3-5-7(6)8(9)10;;/h6-7H,2-5H2,1H3,(H,9,10);2*1H. The van der Waals surface area contributed by atoms with Gasteiger partial charge in [-0.05, 0) is 18.8 Å². The maximum Gasteiger partial charge on any atom is 0.306 e. The molecule has 2 nitrogen and oxygen atoms in total. The molecule has 12 heavy (non-hydrogen) atoms. The predicted octanol–water partition coefficient (Wildman–Crippen LogP) is 2.74. The molecule has 0 amide bonds. The zero-order valence-electron chi connectivity index (χ0n) is 7.16. The maximum atomic E-state index is 10.6. The van der Waals surface area contributed by atoms with E-state index in [-0.39, 0.29) is 30.7 Å². The molecule has 74 valence electrons. The Kier molecular flexibility index (Phi) is 7.96. The van der Waals surface area contributed by atoms with Crippen molar-refractivity contribution in [3.63, 3.8) is 0 Å². The van der Waals surface area contributed by atoms with E-state index in [0.717, 1.165) is 19.3 Å². The fourth-order valence-corrected chi connectivity index (χ4v) is 1.68. The SMILES string of the molecule is CC1CCCCC1C(=O)O.Cl.Cl. The first-order chi connectivity index (χ1) is 4.72. The monoisotopic (exact) mass is 214 g/mol. The summed E-state index contributed by atoms with van der Waals surface area (Å²) >= 11 is 0. The normalized spacial score (nSPS) is 28.1. The molecule has 0 saturated heterocycles. The van der Waals surface area contributed by atoms with Crippen LogP contribution in [0.4, 0.5) is 0 Å². The summed E-state index contributed by atoms with van der Waals surface area (Å²) < 4.78 is 0. The highest BCUT2D eigenvalue weighted by Crippen LogP contribution is 2.29. The van der Waals surface area contributed by atoms with Crippen molar-refractivity contribution in [1.82, 2.24) is 0 Å². The molecule has 0 aliphatic heterocycles. The Balaban J connectivity index is 0. The molecule has 0 aromatic heterocycles. The van der Waals surface area contributed by atoms with E-state index in [1.165, 1.54) is 6.42 Å². The molecule has 0 heterocycles. The molecule has 0 aromatic carbocycles. The fraction of sp³-hybridized carbons (Fsp3) is 0.875. The molecule has 2 unspecified atom stereocenters. The second-order valence-electron chi connectivity index (χ2n) is 3.21. The van der Waals surface area contributed by atoms with Gasteiger partial charge < -0.3 is 5.11 Å². The smallest absolute Gasteiger partial charge is 0.306 e. The van der Waals surface area contributed by atoms with Crippen LogP contribution in [-0.4, -0.2) is 11.1 Å². The Hall–Kier alpha value is 0.0500. The zero-order valence-corrected chi connectivity index (χ0v) is 8.79. The van der Waals surface area contributed by atoms with Crippen molar-refractivity contribution in [2.24, 2.45) is 11.8 Å². The molecule has 0 spiro atoms. The molecule has 1 N–H and O–H groups in total. The number of halogens is 2. The first kappa shape index (κ1) is 14.6. The minimum atomic E-state index is -0.604. The molecule has 1 rings (SSSR count). The molecule has 0 radical (unpaired) electrons. The van der Waals surface area contributed by atoms with Gasteiger partial charge in [-0.1, -0.05) is 19.8 Å². The Labute approximate surface area is 85.5 Å². The van der Waals surface area contributed by atoms with Crippen molar-refractivity contribution in [3.05, 3.63) is 0 Å². The number of carboxylic acids is 1. The minimum absolute atomic E-state index is 0. The van der Waals surface area contributed by atoms with Crippen LogP contribution in [0.15, 0.2) is 0 Å². The molecule has 1 fully saturated rings. The minimum Gasteiger partial charge on any atom is -0.481 e. The lowest BCUT2D eigenvalue weighted by Crippen LogP contribution is -2.24. The van der Waals surface area contributed by atoms with Crippen LogP contribution >= 0.6 is 24.8 Å². The van der Waals surface area contributed by atoms with Gasteiger partial charge in [-0.3, -0.25) is 4.79 Å². The van der Waals surface area contributed by atoms with Crippen LogP contribution in [0.1, 0.15) is 32.6 Å². The average molecular weight is 215 g/mol. The van der Waals surface area contributed by atoms with E-state index in [1.807, 2.05) is 6.92 Å². The number of carbonyl (C=O) groups is 1. The summed E-state index contributed by atoms with van der Waals surface area (Å²) in [6.45, 7) is 2.04. The molecule has 0 bridgehead atoms. The largest absolute Gasteiger partial charge is 0.481 e. The zero-order chi connectivity index (χ0) is 7.56. The lowest BCUT2D eigenvalue weighted by atomic mass is 9.81. The van der Waals surface area contributed by atoms with Gasteiger partial charge in [0.1, 0.15) is 0 Å². The van der Waals surface area contributed by atoms with E-state index in [9.17, 15) is 4.79 Å². The third kappa shape index (κ3) is 3.63. The third-order valence-corrected chi connectivity index (χ3v) is 2.43. The van der Waals surface area contributed by atoms with Crippen LogP contribution in [0.3, 0.4) is 0 Å². The number of carboxylic acid groups (broad SMARTS) is 1. The average Bonchev–Trinajstić information content (AvgIpc) is 1.88. The van der Waals surface area contributed by atoms with Gasteiger partial charge in [0.15, 0.2) is 0 Å². The van der Waals surface area contributed by atoms with E-state index < -0.39 is 5.97 Å². The van der Waals surface area contributed by atoms with E-state index in [2.05, 4.69) is 0 Å². The Morgan fingerprint density at radius 1 is 1.25 bits per heavy atom. The van der Waals surface area contributed by atoms with Gasteiger partial charge >= 0.3 is 5.97 Å². The molecular formula is C8H16Cl2O2. The van der Waals surface area contributed by atoms with Crippen molar-refractivity contribution in [2.45, 2.75) is 32.6 Å². The summed E-state index contributed by atoms with van der Waals surface area (Å²) in [6.07, 6.45) is 4.29. The Morgan fingerprint density at radius 3 is 2.08 bits per heavy atom. The van der Waals surface area contributed by atoms with E-state index >= 15 is 0 Å². The van der Waals surface area contributed by atoms with Crippen molar-refractivity contribution in [1.29, 1.82) is 0 Å². The van der Waals surface area contributed by atoms with Gasteiger partial charge in [0, 0.05) is 0 Å². The summed E-state index contributed by atoms with van der Waals surface area (Å²) in [5.41, 5.74) is 0. The third-order valence-electron chi connectivity index (χ3n) is 2.43. The summed E-state index contributed by atoms with van der Waals surface area (Å²) in [4.78, 5) is 10.6. The van der Waals surface area contributed by atoms with Gasteiger partial charge in [-0.15, -0.1) is 24.8 Å². The van der Waals surface area contributed by atoms with Crippen LogP contribution in [0, 0.1) is 11.8 Å². The fourth-order valence-electron chi connectivity index (χ4n) is 1.68. The van der Waals surface area contributed by atoms with E-state index in [0.29, 0.717) is 5.92 Å². The Bertz CT molecular complexity index is 139. The summed E-state index contributed by atoms with van der Waals surface area (Å²) in [6, 6.07) is 0. The van der Waals surface area contributed by atoms with Crippen molar-refractivity contribution < 1.29 is 9.90 Å². The van der Waals surface area contributed by atoms with Crippen LogP contribution in [0.25, 0.3) is 0 Å². The molecule has 1 aliphatic rings. The molecule has 0 aromatic rings. The van der Waals surface area contributed by atoms with Gasteiger partial charge in [0.25, 0.3) is 0 Å². The first-order valence-corrected chi connectivity index (χ1v) is 3.94. The number of aliphatic carboxylic acids is 1. The molecule has 1 saturated carbocycles. The van der Waals surface area contributed by atoms with Gasteiger partial charge in [0.05, 0.1) is 5.92 Å². The van der Waals surface area contributed by atoms with Crippen molar-refractivity contribution in [3.8, 4) is 0 Å². The maximum absolute atomic E-state index is 10.6. The molecular weight excluding hydrogens is 199 g/mol. The van der Waals surface area contributed by atoms with Gasteiger partial charge in [0.2, 0.25) is 0 Å². The van der Waals surface area contributed by atoms with Crippen molar-refractivity contribution in [2.75, 3.05) is 0 Å². The molecule has 4 heteroatoms. The highest BCUT2D eigenvalue weighted by molar-refractivity contribution is 5.85. The lowest BCUT2D eigenvalue weighted by Gasteiger charge is -2.24. The number of hydrogen-bond acceptors (Lipinski definition) is 1. The second-order valence-corrected chi connectivity index (χ2v) is 3.21. The second kappa shape index (κ2) is 6.55. The summed E-state index contributed by atoms with van der Waals surface area (Å²) in [5.74, 6) is -0.271. The lowest BCUT2D eigenvalue weighted by molar-refractivity contribution is -0.144. The van der Waals surface area contributed by atoms with Gasteiger partial charge in [-0.2, -0.15) is 0 Å². The summed E-state index contributed by atoms with van der Waals surface area (Å²) in [7, 11) is 0. The highest BCUT2D eigenvalue weighted by Gasteiger charge is 2.26. The molecule has 2 atom stereocenters. The first-order valence-electron chi connectivity index (χ1n) is 3.94. The quantitative estimate of drug-likeness (QED) is 0.730. The van der Waals surface area contributed by atoms with E-state index in [1.54, 1.807) is 0 Å².